The van der Waals surface area contributed by atoms with Crippen LogP contribution in [-0.4, -0.2) is 28.3 Å². The average Bonchev–Trinajstić information content (AvgIpc) is 3.32. The van der Waals surface area contributed by atoms with Gasteiger partial charge in [0, 0.05) is 22.7 Å². The Kier molecular flexibility index (Phi) is 5.33. The Bertz CT molecular complexity index is 1010. The number of rotatable bonds is 6. The van der Waals surface area contributed by atoms with Crippen LogP contribution in [0.2, 0.25) is 5.02 Å². The number of benzene rings is 2. The summed E-state index contributed by atoms with van der Waals surface area (Å²) in [6, 6.07) is 11.3. The molecule has 0 saturated carbocycles. The zero-order chi connectivity index (χ0) is 18.8. The molecule has 27 heavy (non-hydrogen) atoms. The molecule has 8 heteroatoms. The highest BCUT2D eigenvalue weighted by Crippen LogP contribution is 2.31. The van der Waals surface area contributed by atoms with E-state index < -0.39 is 0 Å². The van der Waals surface area contributed by atoms with Crippen LogP contribution in [-0.2, 0) is 6.42 Å². The van der Waals surface area contributed by atoms with Gasteiger partial charge >= 0.3 is 0 Å². The molecular formula is C19H16ClN3O2S2. The summed E-state index contributed by atoms with van der Waals surface area (Å²) < 4.78 is 6.23. The first kappa shape index (κ1) is 18.3. The summed E-state index contributed by atoms with van der Waals surface area (Å²) in [5.41, 5.74) is 3.67. The highest BCUT2D eigenvalue weighted by Gasteiger charge is 2.16. The number of Topliss-reactive ketones (excluding diaryl/α,β-unsaturated/α-hetero) is 1. The van der Waals surface area contributed by atoms with Crippen LogP contribution in [0, 0.1) is 6.92 Å². The zero-order valence-corrected chi connectivity index (χ0v) is 16.9. The van der Waals surface area contributed by atoms with E-state index >= 15 is 0 Å². The van der Waals surface area contributed by atoms with E-state index in [0.29, 0.717) is 28.1 Å². The van der Waals surface area contributed by atoms with Gasteiger partial charge in [-0.2, -0.15) is 0 Å². The predicted molar refractivity (Wildman–Crippen MR) is 110 cm³/mol. The standard InChI is InChI=1S/C19H16ClN3O2S2/c1-11-14(20)3-2-4-15(11)21-18-22-23-19(27-18)26-10-16(24)12-5-6-17-13(9-12)7-8-25-17/h2-6,9H,7-8,10H2,1H3,(H,21,22). The minimum absolute atomic E-state index is 0.0742. The normalized spacial score (nSPS) is 12.5. The number of ketones is 1. The SMILES string of the molecule is Cc1c(Cl)cccc1Nc1nnc(SCC(=O)c2ccc3c(c2)CCO3)s1. The van der Waals surface area contributed by atoms with E-state index in [4.69, 9.17) is 16.3 Å². The van der Waals surface area contributed by atoms with Gasteiger partial charge in [0.1, 0.15) is 5.75 Å². The molecule has 1 aliphatic heterocycles. The van der Waals surface area contributed by atoms with Crippen LogP contribution in [0.4, 0.5) is 10.8 Å². The minimum Gasteiger partial charge on any atom is -0.493 e. The van der Waals surface area contributed by atoms with Crippen LogP contribution in [0.5, 0.6) is 5.75 Å². The Morgan fingerprint density at radius 3 is 3.11 bits per heavy atom. The number of ether oxygens (including phenoxy) is 1. The van der Waals surface area contributed by atoms with Crippen molar-refractivity contribution < 1.29 is 9.53 Å². The Morgan fingerprint density at radius 1 is 1.33 bits per heavy atom. The van der Waals surface area contributed by atoms with Crippen molar-refractivity contribution in [3.8, 4) is 5.75 Å². The van der Waals surface area contributed by atoms with E-state index in [0.717, 1.165) is 33.3 Å². The zero-order valence-electron chi connectivity index (χ0n) is 14.5. The van der Waals surface area contributed by atoms with Gasteiger partial charge in [0.2, 0.25) is 5.13 Å². The molecule has 0 amide bonds. The molecule has 4 rings (SSSR count). The van der Waals surface area contributed by atoms with E-state index in [9.17, 15) is 4.79 Å². The lowest BCUT2D eigenvalue weighted by molar-refractivity contribution is 0.102. The third kappa shape index (κ3) is 4.10. The van der Waals surface area contributed by atoms with Crippen molar-refractivity contribution in [2.75, 3.05) is 17.7 Å². The fourth-order valence-corrected chi connectivity index (χ4v) is 4.58. The number of hydrogen-bond donors (Lipinski definition) is 1. The lowest BCUT2D eigenvalue weighted by Crippen LogP contribution is -2.02. The Morgan fingerprint density at radius 2 is 2.22 bits per heavy atom. The number of fused-ring (bicyclic) bond motifs is 1. The van der Waals surface area contributed by atoms with Gasteiger partial charge < -0.3 is 10.1 Å². The molecule has 1 aliphatic rings. The smallest absolute Gasteiger partial charge is 0.210 e. The van der Waals surface area contributed by atoms with Gasteiger partial charge in [-0.3, -0.25) is 4.79 Å². The van der Waals surface area contributed by atoms with E-state index in [2.05, 4.69) is 15.5 Å². The first-order chi connectivity index (χ1) is 13.1. The van der Waals surface area contributed by atoms with Crippen molar-refractivity contribution in [2.24, 2.45) is 0 Å². The number of nitrogens with one attached hydrogen (secondary N) is 1. The van der Waals surface area contributed by atoms with Crippen LogP contribution < -0.4 is 10.1 Å². The Labute approximate surface area is 170 Å². The van der Waals surface area contributed by atoms with Gasteiger partial charge in [-0.15, -0.1) is 10.2 Å². The molecule has 0 radical (unpaired) electrons. The summed E-state index contributed by atoms with van der Waals surface area (Å²) in [4.78, 5) is 12.5. The second-order valence-corrected chi connectivity index (χ2v) is 8.65. The molecule has 0 unspecified atom stereocenters. The molecule has 0 bridgehead atoms. The van der Waals surface area contributed by atoms with E-state index in [1.165, 1.54) is 23.1 Å². The van der Waals surface area contributed by atoms with Gasteiger partial charge in [-0.25, -0.2) is 0 Å². The number of carbonyl (C=O) groups is 1. The fraction of sp³-hybridized carbons (Fsp3) is 0.211. The first-order valence-corrected chi connectivity index (χ1v) is 10.6. The first-order valence-electron chi connectivity index (χ1n) is 8.37. The largest absolute Gasteiger partial charge is 0.493 e. The number of aromatic nitrogens is 2. The molecule has 0 aliphatic carbocycles. The van der Waals surface area contributed by atoms with Crippen molar-refractivity contribution in [3.05, 3.63) is 58.1 Å². The quantitative estimate of drug-likeness (QED) is 0.441. The second-order valence-electron chi connectivity index (χ2n) is 6.04. The van der Waals surface area contributed by atoms with Crippen molar-refractivity contribution in [1.82, 2.24) is 10.2 Å². The van der Waals surface area contributed by atoms with Crippen LogP contribution in [0.25, 0.3) is 0 Å². The maximum absolute atomic E-state index is 12.5. The molecule has 0 spiro atoms. The van der Waals surface area contributed by atoms with Crippen LogP contribution >= 0.6 is 34.7 Å². The summed E-state index contributed by atoms with van der Waals surface area (Å²) in [6.45, 7) is 2.63. The molecular weight excluding hydrogens is 402 g/mol. The Hall–Kier alpha value is -2.09. The van der Waals surface area contributed by atoms with Crippen LogP contribution in [0.1, 0.15) is 21.5 Å². The second kappa shape index (κ2) is 7.88. The van der Waals surface area contributed by atoms with Crippen LogP contribution in [0.3, 0.4) is 0 Å². The number of anilines is 2. The van der Waals surface area contributed by atoms with Crippen molar-refractivity contribution in [3.63, 3.8) is 0 Å². The molecule has 1 N–H and O–H groups in total. The summed E-state index contributed by atoms with van der Waals surface area (Å²) in [6.07, 6.45) is 0.859. The van der Waals surface area contributed by atoms with Crippen molar-refractivity contribution >= 4 is 51.3 Å². The van der Waals surface area contributed by atoms with Gasteiger partial charge in [-0.1, -0.05) is 40.8 Å². The molecule has 2 aromatic carbocycles. The number of hydrogen-bond acceptors (Lipinski definition) is 7. The van der Waals surface area contributed by atoms with E-state index in [-0.39, 0.29) is 5.78 Å². The maximum Gasteiger partial charge on any atom is 0.210 e. The van der Waals surface area contributed by atoms with Gasteiger partial charge in [0.25, 0.3) is 0 Å². The summed E-state index contributed by atoms with van der Waals surface area (Å²) in [7, 11) is 0. The average molecular weight is 418 g/mol. The van der Waals surface area contributed by atoms with Gasteiger partial charge in [-0.05, 0) is 48.4 Å². The molecule has 1 aromatic heterocycles. The number of thioether (sulfide) groups is 1. The number of carbonyl (C=O) groups excluding carboxylic acids is 1. The number of nitrogens with zero attached hydrogens (tertiary/aromatic N) is 2. The lowest BCUT2D eigenvalue weighted by Gasteiger charge is -2.06. The van der Waals surface area contributed by atoms with E-state index in [1.807, 2.05) is 43.3 Å². The molecule has 5 nitrogen and oxygen atoms in total. The molecule has 138 valence electrons. The fourth-order valence-electron chi connectivity index (χ4n) is 2.75. The minimum atomic E-state index is 0.0742. The van der Waals surface area contributed by atoms with E-state index in [1.54, 1.807) is 0 Å². The van der Waals surface area contributed by atoms with Gasteiger partial charge in [0.15, 0.2) is 10.1 Å². The molecule has 3 aromatic rings. The third-order valence-electron chi connectivity index (χ3n) is 4.25. The molecule has 0 fully saturated rings. The molecule has 0 saturated heterocycles. The predicted octanol–water partition coefficient (Wildman–Crippen LogP) is 5.15. The monoisotopic (exact) mass is 417 g/mol. The summed E-state index contributed by atoms with van der Waals surface area (Å²) in [5.74, 6) is 1.28. The topological polar surface area (TPSA) is 64.1 Å². The van der Waals surface area contributed by atoms with Gasteiger partial charge in [0.05, 0.1) is 12.4 Å². The molecule has 2 heterocycles. The Balaban J connectivity index is 1.38. The van der Waals surface area contributed by atoms with Crippen molar-refractivity contribution in [2.45, 2.75) is 17.7 Å². The molecule has 0 atom stereocenters. The summed E-state index contributed by atoms with van der Waals surface area (Å²) in [5, 5.41) is 12.9. The highest BCUT2D eigenvalue weighted by atomic mass is 35.5. The maximum atomic E-state index is 12.5. The van der Waals surface area contributed by atoms with Crippen LogP contribution in [0.15, 0.2) is 40.7 Å². The third-order valence-corrected chi connectivity index (χ3v) is 6.64. The summed E-state index contributed by atoms with van der Waals surface area (Å²) >= 11 is 8.95. The number of halogens is 1. The highest BCUT2D eigenvalue weighted by molar-refractivity contribution is 8.01. The van der Waals surface area contributed by atoms with Crippen molar-refractivity contribution in [1.29, 1.82) is 0 Å². The lowest BCUT2D eigenvalue weighted by atomic mass is 10.1.